The van der Waals surface area contributed by atoms with Crippen LogP contribution >= 0.6 is 11.6 Å². The maximum Gasteiger partial charge on any atom is 0.269 e. The van der Waals surface area contributed by atoms with Gasteiger partial charge in [0.1, 0.15) is 6.07 Å². The van der Waals surface area contributed by atoms with Crippen molar-refractivity contribution >= 4 is 29.6 Å². The lowest BCUT2D eigenvalue weighted by Crippen LogP contribution is -2.36. The zero-order valence-corrected chi connectivity index (χ0v) is 15.4. The van der Waals surface area contributed by atoms with E-state index in [0.29, 0.717) is 28.1 Å². The molecule has 2 amide bonds. The monoisotopic (exact) mass is 383 g/mol. The first-order valence-electron chi connectivity index (χ1n) is 7.98. The van der Waals surface area contributed by atoms with E-state index in [-0.39, 0.29) is 0 Å². The summed E-state index contributed by atoms with van der Waals surface area (Å²) in [6, 6.07) is 15.4. The maximum atomic E-state index is 11.2. The van der Waals surface area contributed by atoms with Gasteiger partial charge in [-0.3, -0.25) is 20.4 Å². The number of hydrogen-bond donors (Lipinski definition) is 3. The number of carbonyl (C=O) groups excluding carboxylic acids is 2. The molecule has 0 heterocycles. The van der Waals surface area contributed by atoms with E-state index >= 15 is 0 Å². The minimum atomic E-state index is -0.429. The minimum absolute atomic E-state index is 0.363. The van der Waals surface area contributed by atoms with Crippen molar-refractivity contribution in [1.29, 1.82) is 10.5 Å². The third-order valence-electron chi connectivity index (χ3n) is 3.19. The molecule has 7 nitrogen and oxygen atoms in total. The minimum Gasteiger partial charge on any atom is -0.385 e. The van der Waals surface area contributed by atoms with Crippen molar-refractivity contribution in [2.45, 2.75) is 13.3 Å². The van der Waals surface area contributed by atoms with Crippen LogP contribution < -0.4 is 16.2 Å². The van der Waals surface area contributed by atoms with Crippen LogP contribution in [-0.2, 0) is 4.79 Å². The van der Waals surface area contributed by atoms with Crippen LogP contribution in [0.1, 0.15) is 34.8 Å². The highest BCUT2D eigenvalue weighted by molar-refractivity contribution is 6.32. The lowest BCUT2D eigenvalue weighted by atomic mass is 10.1. The van der Waals surface area contributed by atoms with E-state index in [1.165, 1.54) is 24.3 Å². The number of nitrogens with one attached hydrogen (secondary N) is 3. The Kier molecular flexibility index (Phi) is 9.48. The molecule has 138 valence electrons. The number of anilines is 1. The van der Waals surface area contributed by atoms with Gasteiger partial charge < -0.3 is 5.32 Å². The summed E-state index contributed by atoms with van der Waals surface area (Å²) >= 11 is 5.85. The average molecular weight is 384 g/mol. The number of amides is 2. The van der Waals surface area contributed by atoms with Crippen LogP contribution in [0.3, 0.4) is 0 Å². The molecule has 0 aliphatic rings. The molecular formula is C19H18ClN5O2. The van der Waals surface area contributed by atoms with E-state index < -0.39 is 5.91 Å². The second kappa shape index (κ2) is 11.9. The van der Waals surface area contributed by atoms with Crippen LogP contribution in [0.25, 0.3) is 0 Å². The van der Waals surface area contributed by atoms with Crippen LogP contribution in [0, 0.1) is 22.7 Å². The maximum absolute atomic E-state index is 11.2. The van der Waals surface area contributed by atoms with Crippen molar-refractivity contribution in [3.05, 3.63) is 64.2 Å². The number of benzene rings is 2. The largest absolute Gasteiger partial charge is 0.385 e. The molecule has 2 rings (SSSR count). The number of rotatable bonds is 6. The molecule has 0 radical (unpaired) electrons. The van der Waals surface area contributed by atoms with Gasteiger partial charge >= 0.3 is 0 Å². The van der Waals surface area contributed by atoms with Gasteiger partial charge in [-0.2, -0.15) is 10.5 Å². The highest BCUT2D eigenvalue weighted by atomic mass is 35.5. The third-order valence-corrected chi connectivity index (χ3v) is 3.50. The van der Waals surface area contributed by atoms with Gasteiger partial charge in [0, 0.05) is 17.8 Å². The van der Waals surface area contributed by atoms with Gasteiger partial charge in [-0.05, 0) is 48.9 Å². The number of nitriles is 2. The Bertz CT molecular complexity index is 854. The average Bonchev–Trinajstić information content (AvgIpc) is 2.71. The van der Waals surface area contributed by atoms with Crippen molar-refractivity contribution in [2.75, 3.05) is 11.9 Å². The van der Waals surface area contributed by atoms with Crippen molar-refractivity contribution in [1.82, 2.24) is 10.9 Å². The van der Waals surface area contributed by atoms with Gasteiger partial charge in [0.05, 0.1) is 22.2 Å². The van der Waals surface area contributed by atoms with Gasteiger partial charge in [0.15, 0.2) is 0 Å². The van der Waals surface area contributed by atoms with Crippen LogP contribution in [0.15, 0.2) is 42.5 Å². The topological polar surface area (TPSA) is 118 Å². The molecule has 0 fully saturated rings. The highest BCUT2D eigenvalue weighted by Crippen LogP contribution is 2.19. The van der Waals surface area contributed by atoms with Crippen molar-refractivity contribution in [2.24, 2.45) is 0 Å². The normalized spacial score (nSPS) is 8.89. The van der Waals surface area contributed by atoms with E-state index in [0.717, 1.165) is 18.7 Å². The highest BCUT2D eigenvalue weighted by Gasteiger charge is 2.03. The lowest BCUT2D eigenvalue weighted by Gasteiger charge is -2.04. The SMILES string of the molecule is CCCNc1ccc(C#N)c(Cl)c1.N#Cc1ccc(C(=O)NNC=O)cc1. The van der Waals surface area contributed by atoms with Crippen LogP contribution in [0.5, 0.6) is 0 Å². The van der Waals surface area contributed by atoms with Crippen molar-refractivity contribution in [3.63, 3.8) is 0 Å². The summed E-state index contributed by atoms with van der Waals surface area (Å²) in [5, 5.41) is 20.8. The Labute approximate surface area is 162 Å². The molecule has 0 aromatic heterocycles. The third kappa shape index (κ3) is 7.47. The number of halogens is 1. The van der Waals surface area contributed by atoms with Crippen molar-refractivity contribution < 1.29 is 9.59 Å². The fourth-order valence-corrected chi connectivity index (χ4v) is 2.07. The standard InChI is InChI=1S/C10H11ClN2.C9H7N3O2/c1-2-5-13-9-4-3-8(7-12)10(11)6-9;10-5-7-1-3-8(4-2-7)9(14)12-11-6-13/h3-4,6,13H,2,5H2,1H3;1-4,6H,(H,11,13)(H,12,14). The summed E-state index contributed by atoms with van der Waals surface area (Å²) in [5.41, 5.74) is 6.51. The predicted octanol–water partition coefficient (Wildman–Crippen LogP) is 2.98. The molecule has 0 saturated carbocycles. The van der Waals surface area contributed by atoms with E-state index in [1.54, 1.807) is 12.1 Å². The first kappa shape index (κ1) is 21.5. The summed E-state index contributed by atoms with van der Waals surface area (Å²) in [4.78, 5) is 21.1. The number of nitrogens with zero attached hydrogens (tertiary/aromatic N) is 2. The zero-order chi connectivity index (χ0) is 20.1. The molecule has 2 aromatic carbocycles. The van der Waals surface area contributed by atoms with Gasteiger partial charge in [-0.1, -0.05) is 18.5 Å². The first-order chi connectivity index (χ1) is 13.0. The van der Waals surface area contributed by atoms with Gasteiger partial charge in [0.25, 0.3) is 5.91 Å². The number of carbonyl (C=O) groups is 2. The second-order valence-corrected chi connectivity index (χ2v) is 5.55. The Morgan fingerprint density at radius 3 is 2.37 bits per heavy atom. The van der Waals surface area contributed by atoms with Gasteiger partial charge in [-0.15, -0.1) is 0 Å². The molecule has 0 atom stereocenters. The van der Waals surface area contributed by atoms with E-state index in [2.05, 4.69) is 17.7 Å². The van der Waals surface area contributed by atoms with Crippen molar-refractivity contribution in [3.8, 4) is 12.1 Å². The second-order valence-electron chi connectivity index (χ2n) is 5.14. The smallest absolute Gasteiger partial charge is 0.269 e. The van der Waals surface area contributed by atoms with E-state index in [4.69, 9.17) is 22.1 Å². The summed E-state index contributed by atoms with van der Waals surface area (Å²) in [5.74, 6) is -0.429. The summed E-state index contributed by atoms with van der Waals surface area (Å²) in [6.45, 7) is 3.01. The van der Waals surface area contributed by atoms with E-state index in [1.807, 2.05) is 23.6 Å². The lowest BCUT2D eigenvalue weighted by molar-refractivity contribution is -0.110. The van der Waals surface area contributed by atoms with Gasteiger partial charge in [-0.25, -0.2) is 0 Å². The Morgan fingerprint density at radius 2 is 1.85 bits per heavy atom. The summed E-state index contributed by atoms with van der Waals surface area (Å²) in [6.07, 6.45) is 1.43. The molecule has 0 spiro atoms. The molecule has 0 aliphatic carbocycles. The van der Waals surface area contributed by atoms with Crippen LogP contribution in [0.2, 0.25) is 5.02 Å². The Hall–Kier alpha value is -3.55. The number of hydrazine groups is 1. The molecule has 2 aromatic rings. The quantitative estimate of drug-likeness (QED) is 0.523. The molecular weight excluding hydrogens is 366 g/mol. The number of hydrogen-bond acceptors (Lipinski definition) is 5. The zero-order valence-electron chi connectivity index (χ0n) is 14.6. The fraction of sp³-hybridized carbons (Fsp3) is 0.158. The molecule has 0 unspecified atom stereocenters. The van der Waals surface area contributed by atoms with E-state index in [9.17, 15) is 9.59 Å². The predicted molar refractivity (Wildman–Crippen MR) is 103 cm³/mol. The Balaban J connectivity index is 0.000000271. The van der Waals surface area contributed by atoms with Gasteiger partial charge in [0.2, 0.25) is 6.41 Å². The summed E-state index contributed by atoms with van der Waals surface area (Å²) in [7, 11) is 0. The Morgan fingerprint density at radius 1 is 1.15 bits per heavy atom. The fourth-order valence-electron chi connectivity index (χ4n) is 1.85. The van der Waals surface area contributed by atoms with Crippen LogP contribution in [0.4, 0.5) is 5.69 Å². The molecule has 0 aliphatic heterocycles. The molecule has 3 N–H and O–H groups in total. The van der Waals surface area contributed by atoms with Crippen LogP contribution in [-0.4, -0.2) is 18.9 Å². The molecule has 27 heavy (non-hydrogen) atoms. The summed E-state index contributed by atoms with van der Waals surface area (Å²) < 4.78 is 0. The molecule has 0 saturated heterocycles. The first-order valence-corrected chi connectivity index (χ1v) is 8.36. The molecule has 8 heteroatoms. The molecule has 0 bridgehead atoms.